The first-order valence-corrected chi connectivity index (χ1v) is 9.64. The highest BCUT2D eigenvalue weighted by Crippen LogP contribution is 2.29. The molecule has 0 unspecified atom stereocenters. The molecule has 1 aliphatic heterocycles. The van der Waals surface area contributed by atoms with Crippen LogP contribution < -0.4 is 10.9 Å². The Morgan fingerprint density at radius 1 is 1.28 bits per heavy atom. The number of hydrogen-bond donors (Lipinski definition) is 1. The molecule has 0 atom stereocenters. The minimum atomic E-state index is -4.52. The van der Waals surface area contributed by atoms with Crippen LogP contribution in [0.5, 0.6) is 0 Å². The summed E-state index contributed by atoms with van der Waals surface area (Å²) in [6, 6.07) is 5.54. The molecule has 1 fully saturated rings. The molecule has 1 aromatic heterocycles. The van der Waals surface area contributed by atoms with Crippen molar-refractivity contribution < 1.29 is 22.7 Å². The molecular weight excluding hydrogens is 411 g/mol. The number of aromatic nitrogens is 1. The third-order valence-electron chi connectivity index (χ3n) is 4.79. The molecule has 10 heteroatoms. The van der Waals surface area contributed by atoms with Crippen LogP contribution in [0.2, 0.25) is 5.02 Å². The van der Waals surface area contributed by atoms with Crippen molar-refractivity contribution in [3.8, 4) is 0 Å². The molecule has 1 aliphatic rings. The molecule has 0 spiro atoms. The second-order valence-corrected chi connectivity index (χ2v) is 7.30. The largest absolute Gasteiger partial charge is 0.450 e. The van der Waals surface area contributed by atoms with Gasteiger partial charge in [0.15, 0.2) is 0 Å². The quantitative estimate of drug-likeness (QED) is 0.786. The summed E-state index contributed by atoms with van der Waals surface area (Å²) in [7, 11) is 0. The van der Waals surface area contributed by atoms with Gasteiger partial charge in [0, 0.05) is 41.3 Å². The topological polar surface area (TPSA) is 63.6 Å². The smallest absolute Gasteiger partial charge is 0.409 e. The van der Waals surface area contributed by atoms with E-state index < -0.39 is 18.3 Å². The Bertz CT molecular complexity index is 953. The van der Waals surface area contributed by atoms with Crippen LogP contribution in [0.25, 0.3) is 10.9 Å². The van der Waals surface area contributed by atoms with E-state index in [0.717, 1.165) is 0 Å². The van der Waals surface area contributed by atoms with Gasteiger partial charge in [-0.15, -0.1) is 0 Å². The average molecular weight is 432 g/mol. The van der Waals surface area contributed by atoms with Crippen LogP contribution >= 0.6 is 11.6 Å². The van der Waals surface area contributed by atoms with E-state index in [0.29, 0.717) is 53.2 Å². The molecule has 1 amide bonds. The first-order chi connectivity index (χ1) is 13.7. The number of piperidine rings is 1. The number of nitrogens with one attached hydrogen (secondary N) is 1. The Morgan fingerprint density at radius 2 is 1.97 bits per heavy atom. The molecule has 1 aromatic carbocycles. The molecule has 0 saturated carbocycles. The second-order valence-electron chi connectivity index (χ2n) is 6.86. The summed E-state index contributed by atoms with van der Waals surface area (Å²) < 4.78 is 44.4. The van der Waals surface area contributed by atoms with E-state index in [2.05, 4.69) is 5.32 Å². The van der Waals surface area contributed by atoms with E-state index in [1.165, 1.54) is 18.2 Å². The summed E-state index contributed by atoms with van der Waals surface area (Å²) in [6.45, 7) is 1.64. The molecule has 0 radical (unpaired) electrons. The number of anilines is 1. The highest BCUT2D eigenvalue weighted by molar-refractivity contribution is 6.31. The van der Waals surface area contributed by atoms with E-state index in [1.807, 2.05) is 0 Å². The third-order valence-corrected chi connectivity index (χ3v) is 5.03. The maximum absolute atomic E-state index is 12.9. The molecule has 158 valence electrons. The molecule has 0 aliphatic carbocycles. The number of fused-ring (bicyclic) bond motifs is 1. The molecule has 29 heavy (non-hydrogen) atoms. The van der Waals surface area contributed by atoms with Crippen LogP contribution in [-0.2, 0) is 11.3 Å². The highest BCUT2D eigenvalue weighted by Gasteiger charge is 2.30. The van der Waals surface area contributed by atoms with Crippen LogP contribution in [0.3, 0.4) is 0 Å². The molecule has 2 heterocycles. The van der Waals surface area contributed by atoms with Gasteiger partial charge in [-0.2, -0.15) is 13.2 Å². The van der Waals surface area contributed by atoms with Gasteiger partial charge in [-0.05, 0) is 38.0 Å². The normalized spacial score (nSPS) is 15.6. The molecule has 1 saturated heterocycles. The Hall–Kier alpha value is -2.42. The summed E-state index contributed by atoms with van der Waals surface area (Å²) >= 11 is 6.05. The lowest BCUT2D eigenvalue weighted by molar-refractivity contribution is -0.140. The van der Waals surface area contributed by atoms with Crippen LogP contribution in [0.4, 0.5) is 23.7 Å². The zero-order valence-corrected chi connectivity index (χ0v) is 16.5. The second kappa shape index (κ2) is 8.52. The predicted molar refractivity (Wildman–Crippen MR) is 105 cm³/mol. The number of alkyl halides is 3. The van der Waals surface area contributed by atoms with Crippen LogP contribution in [0.15, 0.2) is 29.1 Å². The number of carbonyl (C=O) groups is 1. The number of nitrogens with zero attached hydrogens (tertiary/aromatic N) is 2. The molecule has 3 rings (SSSR count). The maximum Gasteiger partial charge on any atom is 0.409 e. The van der Waals surface area contributed by atoms with E-state index in [4.69, 9.17) is 16.3 Å². The summed E-state index contributed by atoms with van der Waals surface area (Å²) in [4.78, 5) is 25.8. The number of hydrogen-bond acceptors (Lipinski definition) is 4. The van der Waals surface area contributed by atoms with Crippen molar-refractivity contribution in [3.63, 3.8) is 0 Å². The number of halogens is 4. The number of rotatable bonds is 4. The van der Waals surface area contributed by atoms with Crippen molar-refractivity contribution >= 4 is 34.3 Å². The van der Waals surface area contributed by atoms with Gasteiger partial charge in [0.25, 0.3) is 5.56 Å². The average Bonchev–Trinajstić information content (AvgIpc) is 2.65. The molecule has 1 N–H and O–H groups in total. The summed E-state index contributed by atoms with van der Waals surface area (Å²) in [5.74, 6) is 0. The first kappa shape index (κ1) is 21.3. The number of benzene rings is 1. The standard InChI is InChI=1S/C19H21ClF3N3O3/c1-2-29-18(28)25-7-5-13(6-8-25)24-15-10-17(27)26(11-19(21,22)23)16-4-3-12(20)9-14(15)16/h3-4,9-10,13,24H,2,5-8,11H2,1H3. The van der Waals surface area contributed by atoms with E-state index in [1.54, 1.807) is 17.9 Å². The highest BCUT2D eigenvalue weighted by atomic mass is 35.5. The number of likely N-dealkylation sites (tertiary alicyclic amines) is 1. The Kier molecular flexibility index (Phi) is 6.26. The minimum Gasteiger partial charge on any atom is -0.450 e. The van der Waals surface area contributed by atoms with Gasteiger partial charge in [-0.25, -0.2) is 4.79 Å². The van der Waals surface area contributed by atoms with Gasteiger partial charge >= 0.3 is 12.3 Å². The lowest BCUT2D eigenvalue weighted by atomic mass is 10.0. The van der Waals surface area contributed by atoms with Crippen molar-refractivity contribution in [3.05, 3.63) is 39.6 Å². The summed E-state index contributed by atoms with van der Waals surface area (Å²) in [6.07, 6.45) is -3.65. The fraction of sp³-hybridized carbons (Fsp3) is 0.474. The fourth-order valence-corrected chi connectivity index (χ4v) is 3.63. The van der Waals surface area contributed by atoms with Crippen molar-refractivity contribution in [2.24, 2.45) is 0 Å². The number of pyridine rings is 1. The van der Waals surface area contributed by atoms with Gasteiger partial charge in [0.2, 0.25) is 0 Å². The fourth-order valence-electron chi connectivity index (χ4n) is 3.46. The molecule has 0 bridgehead atoms. The van der Waals surface area contributed by atoms with E-state index in [9.17, 15) is 22.8 Å². The van der Waals surface area contributed by atoms with Gasteiger partial charge in [0.05, 0.1) is 12.1 Å². The van der Waals surface area contributed by atoms with E-state index >= 15 is 0 Å². The van der Waals surface area contributed by atoms with Crippen molar-refractivity contribution in [1.82, 2.24) is 9.47 Å². The van der Waals surface area contributed by atoms with Crippen molar-refractivity contribution in [2.75, 3.05) is 25.0 Å². The molecular formula is C19H21ClF3N3O3. The Morgan fingerprint density at radius 3 is 2.59 bits per heavy atom. The number of ether oxygens (including phenoxy) is 1. The van der Waals surface area contributed by atoms with Gasteiger partial charge in [-0.1, -0.05) is 11.6 Å². The minimum absolute atomic E-state index is 0.0410. The van der Waals surface area contributed by atoms with Gasteiger partial charge in [-0.3, -0.25) is 9.36 Å². The van der Waals surface area contributed by atoms with Crippen LogP contribution in [-0.4, -0.2) is 47.5 Å². The zero-order valence-electron chi connectivity index (χ0n) is 15.8. The van der Waals surface area contributed by atoms with Gasteiger partial charge in [0.1, 0.15) is 6.54 Å². The third kappa shape index (κ3) is 5.14. The summed E-state index contributed by atoms with van der Waals surface area (Å²) in [5, 5.41) is 4.04. The zero-order chi connectivity index (χ0) is 21.2. The Balaban J connectivity index is 1.85. The van der Waals surface area contributed by atoms with Crippen molar-refractivity contribution in [2.45, 2.75) is 38.5 Å². The first-order valence-electron chi connectivity index (χ1n) is 9.26. The Labute approximate surface area is 170 Å². The molecule has 6 nitrogen and oxygen atoms in total. The number of carbonyl (C=O) groups excluding carboxylic acids is 1. The monoisotopic (exact) mass is 431 g/mol. The number of amides is 1. The van der Waals surface area contributed by atoms with Crippen molar-refractivity contribution in [1.29, 1.82) is 0 Å². The summed E-state index contributed by atoms with van der Waals surface area (Å²) in [5.41, 5.74) is -0.158. The maximum atomic E-state index is 12.9. The van der Waals surface area contributed by atoms with Gasteiger partial charge < -0.3 is 15.0 Å². The lowest BCUT2D eigenvalue weighted by Gasteiger charge is -2.32. The SMILES string of the molecule is CCOC(=O)N1CCC(Nc2cc(=O)n(CC(F)(F)F)c3ccc(Cl)cc23)CC1. The van der Waals surface area contributed by atoms with Crippen LogP contribution in [0, 0.1) is 0 Å². The van der Waals surface area contributed by atoms with E-state index in [-0.39, 0.29) is 17.7 Å². The van der Waals surface area contributed by atoms with Crippen LogP contribution in [0.1, 0.15) is 19.8 Å². The lowest BCUT2D eigenvalue weighted by Crippen LogP contribution is -2.42. The predicted octanol–water partition coefficient (Wildman–Crippen LogP) is 4.25. The molecule has 2 aromatic rings.